The number of aryl methyl sites for hydroxylation is 2. The first kappa shape index (κ1) is 26.4. The number of sulfonamides is 1. The second-order valence-electron chi connectivity index (χ2n) is 8.44. The third-order valence-corrected chi connectivity index (χ3v) is 6.57. The van der Waals surface area contributed by atoms with Gasteiger partial charge in [0.2, 0.25) is 21.8 Å². The molecule has 0 radical (unpaired) electrons. The van der Waals surface area contributed by atoms with Gasteiger partial charge in [0, 0.05) is 13.1 Å². The lowest BCUT2D eigenvalue weighted by Gasteiger charge is -2.31. The predicted molar refractivity (Wildman–Crippen MR) is 132 cm³/mol. The Morgan fingerprint density at radius 3 is 2.27 bits per heavy atom. The zero-order chi connectivity index (χ0) is 24.6. The SMILES string of the molecule is CCCCNC(=O)[C@H](C)N(Cc1cccc(C)c1)C(=O)CN(c1ccc(C)cc1)S(C)(=O)=O. The monoisotopic (exact) mass is 473 g/mol. The van der Waals surface area contributed by atoms with Crippen LogP contribution in [0.3, 0.4) is 0 Å². The van der Waals surface area contributed by atoms with E-state index < -0.39 is 22.0 Å². The van der Waals surface area contributed by atoms with Crippen LogP contribution in [0.2, 0.25) is 0 Å². The summed E-state index contributed by atoms with van der Waals surface area (Å²) in [5.74, 6) is -0.702. The number of hydrogen-bond acceptors (Lipinski definition) is 4. The molecule has 0 saturated carbocycles. The third-order valence-electron chi connectivity index (χ3n) is 5.43. The number of rotatable bonds is 11. The molecule has 0 spiro atoms. The maximum Gasteiger partial charge on any atom is 0.244 e. The fourth-order valence-corrected chi connectivity index (χ4v) is 4.30. The van der Waals surface area contributed by atoms with Gasteiger partial charge in [-0.1, -0.05) is 60.9 Å². The van der Waals surface area contributed by atoms with Gasteiger partial charge < -0.3 is 10.2 Å². The van der Waals surface area contributed by atoms with E-state index in [2.05, 4.69) is 5.32 Å². The lowest BCUT2D eigenvalue weighted by molar-refractivity contribution is -0.139. The van der Waals surface area contributed by atoms with E-state index in [1.807, 2.05) is 45.0 Å². The van der Waals surface area contributed by atoms with Gasteiger partial charge >= 0.3 is 0 Å². The van der Waals surface area contributed by atoms with Crippen molar-refractivity contribution in [3.05, 3.63) is 65.2 Å². The molecule has 0 saturated heterocycles. The lowest BCUT2D eigenvalue weighted by atomic mass is 10.1. The number of unbranched alkanes of at least 4 members (excludes halogenated alkanes) is 1. The molecule has 2 amide bonds. The highest BCUT2D eigenvalue weighted by atomic mass is 32.2. The normalized spacial score (nSPS) is 12.2. The van der Waals surface area contributed by atoms with Crippen LogP contribution in [-0.4, -0.2) is 50.5 Å². The van der Waals surface area contributed by atoms with Crippen molar-refractivity contribution in [3.8, 4) is 0 Å². The fraction of sp³-hybridized carbons (Fsp3) is 0.440. The van der Waals surface area contributed by atoms with Gasteiger partial charge in [0.1, 0.15) is 12.6 Å². The summed E-state index contributed by atoms with van der Waals surface area (Å²) in [5, 5.41) is 2.87. The van der Waals surface area contributed by atoms with Crippen LogP contribution in [0, 0.1) is 13.8 Å². The van der Waals surface area contributed by atoms with Crippen molar-refractivity contribution in [2.75, 3.05) is 23.7 Å². The fourth-order valence-electron chi connectivity index (χ4n) is 3.45. The van der Waals surface area contributed by atoms with Crippen LogP contribution in [0.4, 0.5) is 5.69 Å². The summed E-state index contributed by atoms with van der Waals surface area (Å²) in [7, 11) is -3.72. The summed E-state index contributed by atoms with van der Waals surface area (Å²) < 4.78 is 26.1. The summed E-state index contributed by atoms with van der Waals surface area (Å²) in [6, 6.07) is 13.9. The van der Waals surface area contributed by atoms with E-state index in [-0.39, 0.29) is 19.0 Å². The first-order chi connectivity index (χ1) is 15.5. The van der Waals surface area contributed by atoms with Crippen molar-refractivity contribution >= 4 is 27.5 Å². The van der Waals surface area contributed by atoms with Gasteiger partial charge in [-0.3, -0.25) is 13.9 Å². The standard InChI is InChI=1S/C25H35N3O4S/c1-6-7-15-26-25(30)21(4)27(17-22-10-8-9-20(3)16-22)24(29)18-28(33(5,31)32)23-13-11-19(2)12-14-23/h8-14,16,21H,6-7,15,17-18H2,1-5H3,(H,26,30)/t21-/m0/s1. The number of nitrogens with one attached hydrogen (secondary N) is 1. The number of carbonyl (C=O) groups is 2. The van der Waals surface area contributed by atoms with Gasteiger partial charge in [-0.2, -0.15) is 0 Å². The Morgan fingerprint density at radius 1 is 1.03 bits per heavy atom. The molecule has 7 nitrogen and oxygen atoms in total. The minimum absolute atomic E-state index is 0.203. The van der Waals surface area contributed by atoms with E-state index in [4.69, 9.17) is 0 Å². The Bertz CT molecular complexity index is 1050. The van der Waals surface area contributed by atoms with Crippen molar-refractivity contribution in [1.29, 1.82) is 0 Å². The van der Waals surface area contributed by atoms with E-state index in [9.17, 15) is 18.0 Å². The molecule has 1 N–H and O–H groups in total. The van der Waals surface area contributed by atoms with Crippen LogP contribution >= 0.6 is 0 Å². The number of amides is 2. The summed E-state index contributed by atoms with van der Waals surface area (Å²) in [6.07, 6.45) is 2.87. The minimum Gasteiger partial charge on any atom is -0.354 e. The maximum absolute atomic E-state index is 13.4. The molecule has 0 fully saturated rings. The summed E-state index contributed by atoms with van der Waals surface area (Å²) >= 11 is 0. The molecule has 0 heterocycles. The molecule has 1 atom stereocenters. The number of benzene rings is 2. The molecule has 2 rings (SSSR count). The second kappa shape index (κ2) is 11.8. The van der Waals surface area contributed by atoms with Crippen molar-refractivity contribution < 1.29 is 18.0 Å². The first-order valence-corrected chi connectivity index (χ1v) is 13.0. The average Bonchev–Trinajstić information content (AvgIpc) is 2.75. The van der Waals surface area contributed by atoms with Crippen LogP contribution < -0.4 is 9.62 Å². The van der Waals surface area contributed by atoms with Crippen LogP contribution in [0.1, 0.15) is 43.4 Å². The van der Waals surface area contributed by atoms with Crippen molar-refractivity contribution in [3.63, 3.8) is 0 Å². The van der Waals surface area contributed by atoms with Crippen molar-refractivity contribution in [2.24, 2.45) is 0 Å². The molecule has 0 aliphatic carbocycles. The van der Waals surface area contributed by atoms with Gasteiger partial charge in [0.15, 0.2) is 0 Å². The number of nitrogens with zero attached hydrogens (tertiary/aromatic N) is 2. The molecule has 33 heavy (non-hydrogen) atoms. The quantitative estimate of drug-likeness (QED) is 0.507. The Kier molecular flexibility index (Phi) is 9.46. The van der Waals surface area contributed by atoms with E-state index >= 15 is 0 Å². The van der Waals surface area contributed by atoms with Crippen LogP contribution in [-0.2, 0) is 26.2 Å². The molecule has 2 aromatic carbocycles. The topological polar surface area (TPSA) is 86.8 Å². The van der Waals surface area contributed by atoms with Crippen LogP contribution in [0.5, 0.6) is 0 Å². The molecule has 0 bridgehead atoms. The van der Waals surface area contributed by atoms with Gasteiger partial charge in [-0.15, -0.1) is 0 Å². The Balaban J connectivity index is 2.33. The van der Waals surface area contributed by atoms with E-state index in [1.54, 1.807) is 31.2 Å². The molecule has 0 aliphatic rings. The Hall–Kier alpha value is -2.87. The number of anilines is 1. The molecule has 180 valence electrons. The summed E-state index contributed by atoms with van der Waals surface area (Å²) in [5.41, 5.74) is 3.30. The highest BCUT2D eigenvalue weighted by molar-refractivity contribution is 7.92. The van der Waals surface area contributed by atoms with Gasteiger partial charge in [-0.05, 0) is 44.9 Å². The minimum atomic E-state index is -3.72. The van der Waals surface area contributed by atoms with E-state index in [1.165, 1.54) is 4.90 Å². The van der Waals surface area contributed by atoms with Crippen molar-refractivity contribution in [2.45, 2.75) is 53.1 Å². The molecular formula is C25H35N3O4S. The third kappa shape index (κ3) is 7.89. The molecule has 0 aromatic heterocycles. The van der Waals surface area contributed by atoms with Gasteiger partial charge in [0.25, 0.3) is 0 Å². The predicted octanol–water partition coefficient (Wildman–Crippen LogP) is 3.40. The number of carbonyl (C=O) groups excluding carboxylic acids is 2. The largest absolute Gasteiger partial charge is 0.354 e. The summed E-state index contributed by atoms with van der Waals surface area (Å²) in [6.45, 7) is 7.92. The molecular weight excluding hydrogens is 438 g/mol. The van der Waals surface area contributed by atoms with E-state index in [0.717, 1.165) is 40.1 Å². The second-order valence-corrected chi connectivity index (χ2v) is 10.3. The maximum atomic E-state index is 13.4. The molecule has 8 heteroatoms. The lowest BCUT2D eigenvalue weighted by Crippen LogP contribution is -2.51. The summed E-state index contributed by atoms with van der Waals surface area (Å²) in [4.78, 5) is 27.7. The van der Waals surface area contributed by atoms with Crippen LogP contribution in [0.25, 0.3) is 0 Å². The van der Waals surface area contributed by atoms with Gasteiger partial charge in [-0.25, -0.2) is 8.42 Å². The smallest absolute Gasteiger partial charge is 0.244 e. The zero-order valence-corrected chi connectivity index (χ0v) is 21.0. The first-order valence-electron chi connectivity index (χ1n) is 11.2. The highest BCUT2D eigenvalue weighted by Crippen LogP contribution is 2.20. The Labute approximate surface area is 197 Å². The average molecular weight is 474 g/mol. The molecule has 0 unspecified atom stereocenters. The van der Waals surface area contributed by atoms with Gasteiger partial charge in [0.05, 0.1) is 11.9 Å². The highest BCUT2D eigenvalue weighted by Gasteiger charge is 2.30. The zero-order valence-electron chi connectivity index (χ0n) is 20.2. The molecule has 0 aliphatic heterocycles. The number of hydrogen-bond donors (Lipinski definition) is 1. The van der Waals surface area contributed by atoms with E-state index in [0.29, 0.717) is 12.2 Å². The van der Waals surface area contributed by atoms with Crippen molar-refractivity contribution in [1.82, 2.24) is 10.2 Å². The Morgan fingerprint density at radius 2 is 1.70 bits per heavy atom. The molecule has 2 aromatic rings. The van der Waals surface area contributed by atoms with Crippen LogP contribution in [0.15, 0.2) is 48.5 Å².